The van der Waals surface area contributed by atoms with E-state index in [1.165, 1.54) is 28.0 Å². The molecule has 2 aliphatic rings. The number of allylic oxidation sites excluding steroid dienone is 1. The van der Waals surface area contributed by atoms with Gasteiger partial charge in [0, 0.05) is 27.1 Å². The summed E-state index contributed by atoms with van der Waals surface area (Å²) in [6.45, 7) is 0. The molecule has 176 valence electrons. The van der Waals surface area contributed by atoms with Gasteiger partial charge in [0.25, 0.3) is 5.56 Å². The smallest absolute Gasteiger partial charge is 0.271 e. The van der Waals surface area contributed by atoms with Gasteiger partial charge in [0.15, 0.2) is 4.80 Å². The second-order valence-corrected chi connectivity index (χ2v) is 11.3. The number of thiazole rings is 1. The van der Waals surface area contributed by atoms with E-state index >= 15 is 0 Å². The molecule has 0 amide bonds. The van der Waals surface area contributed by atoms with Crippen molar-refractivity contribution < 1.29 is 4.42 Å². The molecule has 3 aromatic heterocycles. The first-order valence-corrected chi connectivity index (χ1v) is 13.8. The Bertz CT molecular complexity index is 1820. The van der Waals surface area contributed by atoms with E-state index in [-0.39, 0.29) is 11.6 Å². The van der Waals surface area contributed by atoms with E-state index in [9.17, 15) is 4.79 Å². The summed E-state index contributed by atoms with van der Waals surface area (Å²) in [5, 5.41) is 2.75. The summed E-state index contributed by atoms with van der Waals surface area (Å²) in [6, 6.07) is 23.8. The van der Waals surface area contributed by atoms with E-state index in [4.69, 9.17) is 21.0 Å². The number of nitrogens with zero attached hydrogens (tertiary/aromatic N) is 2. The van der Waals surface area contributed by atoms with Crippen LogP contribution in [0.5, 0.6) is 0 Å². The Morgan fingerprint density at radius 3 is 2.69 bits per heavy atom. The Kier molecular flexibility index (Phi) is 5.20. The molecule has 0 spiro atoms. The van der Waals surface area contributed by atoms with Gasteiger partial charge in [-0.2, -0.15) is 0 Å². The molecule has 4 heterocycles. The van der Waals surface area contributed by atoms with Gasteiger partial charge < -0.3 is 4.42 Å². The molecule has 0 radical (unpaired) electrons. The van der Waals surface area contributed by atoms with E-state index in [0.717, 1.165) is 39.5 Å². The zero-order valence-electron chi connectivity index (χ0n) is 19.0. The number of fused-ring (bicyclic) bond motifs is 3. The minimum absolute atomic E-state index is 0.0352. The largest absolute Gasteiger partial charge is 0.457 e. The predicted octanol–water partition coefficient (Wildman–Crippen LogP) is 6.29. The summed E-state index contributed by atoms with van der Waals surface area (Å²) < 4.78 is 8.55. The molecular weight excluding hydrogens is 508 g/mol. The second-order valence-electron chi connectivity index (χ2n) is 8.84. The Labute approximate surface area is 219 Å². The molecular formula is C29H19ClN2O2S2. The lowest BCUT2D eigenvalue weighted by molar-refractivity contribution is 0.571. The highest BCUT2D eigenvalue weighted by molar-refractivity contribution is 7.10. The molecule has 0 unspecified atom stereocenters. The van der Waals surface area contributed by atoms with Crippen LogP contribution < -0.4 is 14.9 Å². The van der Waals surface area contributed by atoms with Gasteiger partial charge in [-0.05, 0) is 71.8 Å². The van der Waals surface area contributed by atoms with Crippen molar-refractivity contribution in [1.29, 1.82) is 0 Å². The fourth-order valence-electron chi connectivity index (χ4n) is 5.05. The second kappa shape index (κ2) is 8.59. The van der Waals surface area contributed by atoms with Crippen molar-refractivity contribution in [3.63, 3.8) is 0 Å². The van der Waals surface area contributed by atoms with E-state index in [0.29, 0.717) is 15.3 Å². The molecule has 1 aliphatic heterocycles. The highest BCUT2D eigenvalue weighted by Crippen LogP contribution is 2.42. The average molecular weight is 527 g/mol. The number of benzene rings is 2. The van der Waals surface area contributed by atoms with Crippen LogP contribution in [0.4, 0.5) is 0 Å². The SMILES string of the molecule is O=c1/c(=C\c2ccc(-c3ccc(Cl)cc3)o2)sc2n1[C@@H](c1cccs1)C1=C(N=2)c2ccccc2CC1. The Morgan fingerprint density at radius 1 is 1.00 bits per heavy atom. The number of hydrogen-bond donors (Lipinski definition) is 0. The molecule has 0 bridgehead atoms. The molecule has 4 nitrogen and oxygen atoms in total. The van der Waals surface area contributed by atoms with Crippen LogP contribution in [-0.4, -0.2) is 4.57 Å². The third-order valence-electron chi connectivity index (χ3n) is 6.71. The third kappa shape index (κ3) is 3.56. The standard InChI is InChI=1S/C29H19ClN2O2S2/c30-19-10-7-18(8-11-19)23-14-12-20(34-23)16-25-28(33)32-27(24-6-3-15-35-24)22-13-9-17-4-1-2-5-21(17)26(22)31-29(32)36-25/h1-8,10-12,14-16,27H,9,13H2/b25-16+/t27-/m1/s1. The summed E-state index contributed by atoms with van der Waals surface area (Å²) >= 11 is 9.12. The summed E-state index contributed by atoms with van der Waals surface area (Å²) in [5.41, 5.74) is 5.63. The van der Waals surface area contributed by atoms with Crippen LogP contribution in [0.25, 0.3) is 23.1 Å². The number of thiophene rings is 1. The van der Waals surface area contributed by atoms with Gasteiger partial charge in [0.2, 0.25) is 0 Å². The Balaban J connectivity index is 1.39. The van der Waals surface area contributed by atoms with Crippen LogP contribution in [0.15, 0.2) is 98.0 Å². The number of halogens is 1. The van der Waals surface area contributed by atoms with Crippen molar-refractivity contribution in [2.45, 2.75) is 18.9 Å². The highest BCUT2D eigenvalue weighted by atomic mass is 35.5. The summed E-state index contributed by atoms with van der Waals surface area (Å²) in [4.78, 5) is 20.7. The summed E-state index contributed by atoms with van der Waals surface area (Å²) in [7, 11) is 0. The van der Waals surface area contributed by atoms with E-state index in [2.05, 4.69) is 35.7 Å². The van der Waals surface area contributed by atoms with Crippen LogP contribution >= 0.6 is 34.3 Å². The monoisotopic (exact) mass is 526 g/mol. The molecule has 0 N–H and O–H groups in total. The zero-order valence-corrected chi connectivity index (χ0v) is 21.4. The van der Waals surface area contributed by atoms with Crippen molar-refractivity contribution in [1.82, 2.24) is 4.57 Å². The van der Waals surface area contributed by atoms with Crippen LogP contribution in [0, 0.1) is 0 Å². The minimum atomic E-state index is -0.131. The molecule has 7 rings (SSSR count). The van der Waals surface area contributed by atoms with E-state index in [1.54, 1.807) is 11.3 Å². The number of aromatic nitrogens is 1. The topological polar surface area (TPSA) is 47.5 Å². The van der Waals surface area contributed by atoms with Crippen LogP contribution in [0.1, 0.15) is 34.2 Å². The first-order chi connectivity index (χ1) is 17.7. The van der Waals surface area contributed by atoms with E-state index < -0.39 is 0 Å². The molecule has 0 saturated heterocycles. The minimum Gasteiger partial charge on any atom is -0.457 e. The van der Waals surface area contributed by atoms with Crippen molar-refractivity contribution in [3.8, 4) is 11.3 Å². The van der Waals surface area contributed by atoms with Crippen molar-refractivity contribution in [2.75, 3.05) is 0 Å². The highest BCUT2D eigenvalue weighted by Gasteiger charge is 2.33. The molecule has 5 aromatic rings. The van der Waals surface area contributed by atoms with Crippen LogP contribution in [-0.2, 0) is 6.42 Å². The number of hydrogen-bond acceptors (Lipinski definition) is 5. The fraction of sp³-hybridized carbons (Fsp3) is 0.103. The van der Waals surface area contributed by atoms with Gasteiger partial charge in [-0.1, -0.05) is 53.3 Å². The Morgan fingerprint density at radius 2 is 1.86 bits per heavy atom. The number of furan rings is 1. The summed E-state index contributed by atoms with van der Waals surface area (Å²) in [6.07, 6.45) is 3.67. The van der Waals surface area contributed by atoms with Crippen LogP contribution in [0.2, 0.25) is 5.02 Å². The molecule has 1 atom stereocenters. The molecule has 36 heavy (non-hydrogen) atoms. The molecule has 0 saturated carbocycles. The van der Waals surface area contributed by atoms with Crippen LogP contribution in [0.3, 0.4) is 0 Å². The lowest BCUT2D eigenvalue weighted by Crippen LogP contribution is -2.38. The molecule has 0 fully saturated rings. The van der Waals surface area contributed by atoms with Crippen molar-refractivity contribution in [2.24, 2.45) is 4.99 Å². The maximum Gasteiger partial charge on any atom is 0.271 e. The van der Waals surface area contributed by atoms with Gasteiger partial charge in [-0.15, -0.1) is 11.3 Å². The van der Waals surface area contributed by atoms with Gasteiger partial charge in [0.1, 0.15) is 11.5 Å². The first-order valence-electron chi connectivity index (χ1n) is 11.7. The molecule has 7 heteroatoms. The molecule has 2 aromatic carbocycles. The van der Waals surface area contributed by atoms with Gasteiger partial charge in [-0.25, -0.2) is 4.99 Å². The predicted molar refractivity (Wildman–Crippen MR) is 146 cm³/mol. The average Bonchev–Trinajstić information content (AvgIpc) is 3.65. The maximum atomic E-state index is 13.8. The Hall–Kier alpha value is -3.45. The zero-order chi connectivity index (χ0) is 24.2. The summed E-state index contributed by atoms with van der Waals surface area (Å²) in [5.74, 6) is 1.36. The van der Waals surface area contributed by atoms with E-state index in [1.807, 2.05) is 53.1 Å². The number of aryl methyl sites for hydroxylation is 1. The third-order valence-corrected chi connectivity index (χ3v) is 8.87. The normalized spacial score (nSPS) is 16.9. The fourth-order valence-corrected chi connectivity index (χ4v) is 7.00. The van der Waals surface area contributed by atoms with Crippen molar-refractivity contribution in [3.05, 3.63) is 130 Å². The maximum absolute atomic E-state index is 13.8. The van der Waals surface area contributed by atoms with Gasteiger partial charge in [-0.3, -0.25) is 9.36 Å². The first kappa shape index (κ1) is 21.8. The lowest BCUT2D eigenvalue weighted by atomic mass is 9.85. The lowest BCUT2D eigenvalue weighted by Gasteiger charge is -2.30. The van der Waals surface area contributed by atoms with Gasteiger partial charge >= 0.3 is 0 Å². The quantitative estimate of drug-likeness (QED) is 0.277. The van der Waals surface area contributed by atoms with Gasteiger partial charge in [0.05, 0.1) is 16.3 Å². The van der Waals surface area contributed by atoms with Crippen molar-refractivity contribution >= 4 is 46.0 Å². The molecule has 1 aliphatic carbocycles. The number of rotatable bonds is 3.